The van der Waals surface area contributed by atoms with Crippen molar-refractivity contribution in [3.05, 3.63) is 51.4 Å². The molecule has 122 valence electrons. The minimum atomic E-state index is -0.109. The molecule has 1 aliphatic heterocycles. The fraction of sp³-hybridized carbons (Fsp3) is 0.235. The first-order valence-corrected chi connectivity index (χ1v) is 9.36. The molecule has 5 nitrogen and oxygen atoms in total. The van der Waals surface area contributed by atoms with Gasteiger partial charge in [-0.3, -0.25) is 9.59 Å². The van der Waals surface area contributed by atoms with Gasteiger partial charge >= 0.3 is 0 Å². The van der Waals surface area contributed by atoms with E-state index in [1.54, 1.807) is 18.8 Å². The summed E-state index contributed by atoms with van der Waals surface area (Å²) in [5, 5.41) is 0.549. The van der Waals surface area contributed by atoms with Crippen molar-refractivity contribution >= 4 is 44.9 Å². The molecule has 3 aromatic rings. The number of nitrogens with zero attached hydrogens (tertiary/aromatic N) is 3. The third kappa shape index (κ3) is 2.27. The van der Waals surface area contributed by atoms with Crippen LogP contribution in [0.25, 0.3) is 10.2 Å². The van der Waals surface area contributed by atoms with Gasteiger partial charge in [0.1, 0.15) is 4.83 Å². The molecular weight excluding hydrogens is 342 g/mol. The molecule has 0 saturated heterocycles. The number of benzene rings is 1. The summed E-state index contributed by atoms with van der Waals surface area (Å²) in [6.07, 6.45) is 1.50. The van der Waals surface area contributed by atoms with Crippen LogP contribution in [0, 0.1) is 6.92 Å². The average Bonchev–Trinajstić information content (AvgIpc) is 2.94. The maximum absolute atomic E-state index is 13.1. The summed E-state index contributed by atoms with van der Waals surface area (Å²) in [7, 11) is 1.67. The van der Waals surface area contributed by atoms with Gasteiger partial charge in [-0.25, -0.2) is 4.98 Å². The molecule has 0 unspecified atom stereocenters. The number of aromatic nitrogens is 2. The Morgan fingerprint density at radius 1 is 1.29 bits per heavy atom. The van der Waals surface area contributed by atoms with Crippen LogP contribution in [0.1, 0.15) is 15.2 Å². The largest absolute Gasteiger partial charge is 0.306 e. The van der Waals surface area contributed by atoms with Crippen LogP contribution >= 0.6 is 23.1 Å². The summed E-state index contributed by atoms with van der Waals surface area (Å²) in [6.45, 7) is 2.50. The van der Waals surface area contributed by atoms with Gasteiger partial charge < -0.3 is 9.47 Å². The number of hydrogen-bond acceptors (Lipinski definition) is 5. The predicted molar refractivity (Wildman–Crippen MR) is 98.4 cm³/mol. The zero-order valence-electron chi connectivity index (χ0n) is 13.3. The van der Waals surface area contributed by atoms with Crippen molar-refractivity contribution in [2.75, 3.05) is 17.2 Å². The minimum absolute atomic E-state index is 0.0506. The number of carbonyl (C=O) groups is 1. The van der Waals surface area contributed by atoms with E-state index < -0.39 is 0 Å². The molecule has 1 aliphatic rings. The van der Waals surface area contributed by atoms with Crippen LogP contribution in [-0.4, -0.2) is 27.8 Å². The Hall–Kier alpha value is -2.12. The number of anilines is 1. The van der Waals surface area contributed by atoms with Crippen LogP contribution in [0.3, 0.4) is 0 Å². The van der Waals surface area contributed by atoms with Gasteiger partial charge in [0.15, 0.2) is 0 Å². The van der Waals surface area contributed by atoms with Crippen molar-refractivity contribution in [1.82, 2.24) is 9.55 Å². The van der Waals surface area contributed by atoms with Gasteiger partial charge in [0.25, 0.3) is 11.5 Å². The van der Waals surface area contributed by atoms with E-state index in [4.69, 9.17) is 0 Å². The lowest BCUT2D eigenvalue weighted by atomic mass is 10.2. The standard InChI is InChI=1S/C17H15N3O2S2/c1-10-13-15(18-9-19(2)16(13)21)24-14(10)17(22)20-7-8-23-12-6-4-3-5-11(12)20/h3-6,9H,7-8H2,1-2H3. The molecule has 7 heteroatoms. The highest BCUT2D eigenvalue weighted by Crippen LogP contribution is 2.37. The van der Waals surface area contributed by atoms with Gasteiger partial charge in [0.2, 0.25) is 0 Å². The second kappa shape index (κ2) is 5.75. The Bertz CT molecular complexity index is 1020. The van der Waals surface area contributed by atoms with E-state index in [1.807, 2.05) is 36.1 Å². The highest BCUT2D eigenvalue weighted by molar-refractivity contribution is 7.99. The summed E-state index contributed by atoms with van der Waals surface area (Å²) in [5.74, 6) is 0.817. The number of carbonyl (C=O) groups excluding carboxylic acids is 1. The number of amides is 1. The Labute approximate surface area is 146 Å². The number of hydrogen-bond donors (Lipinski definition) is 0. The van der Waals surface area contributed by atoms with Crippen molar-refractivity contribution in [1.29, 1.82) is 0 Å². The van der Waals surface area contributed by atoms with Gasteiger partial charge in [-0.05, 0) is 24.6 Å². The minimum Gasteiger partial charge on any atom is -0.306 e. The summed E-state index contributed by atoms with van der Waals surface area (Å²) >= 11 is 3.06. The molecule has 4 rings (SSSR count). The van der Waals surface area contributed by atoms with E-state index in [-0.39, 0.29) is 11.5 Å². The second-order valence-corrected chi connectivity index (χ2v) is 7.81. The van der Waals surface area contributed by atoms with E-state index in [0.717, 1.165) is 21.9 Å². The highest BCUT2D eigenvalue weighted by atomic mass is 32.2. The molecule has 2 aromatic heterocycles. The molecule has 1 amide bonds. The Kier molecular flexibility index (Phi) is 3.69. The number of rotatable bonds is 1. The molecule has 0 fully saturated rings. The van der Waals surface area contributed by atoms with Gasteiger partial charge in [0.05, 0.1) is 22.3 Å². The van der Waals surface area contributed by atoms with Crippen molar-refractivity contribution < 1.29 is 4.79 Å². The van der Waals surface area contributed by atoms with E-state index in [0.29, 0.717) is 21.6 Å². The number of fused-ring (bicyclic) bond motifs is 2. The van der Waals surface area contributed by atoms with E-state index in [9.17, 15) is 9.59 Å². The number of thioether (sulfide) groups is 1. The summed E-state index contributed by atoms with van der Waals surface area (Å²) in [4.78, 5) is 34.0. The fourth-order valence-electron chi connectivity index (χ4n) is 2.92. The molecule has 0 spiro atoms. The predicted octanol–water partition coefficient (Wildman–Crippen LogP) is 3.06. The SMILES string of the molecule is Cc1c(C(=O)N2CCSc3ccccc32)sc2ncn(C)c(=O)c12. The van der Waals surface area contributed by atoms with Crippen LogP contribution in [0.15, 0.2) is 40.3 Å². The zero-order valence-corrected chi connectivity index (χ0v) is 14.9. The van der Waals surface area contributed by atoms with Crippen LogP contribution in [0.2, 0.25) is 0 Å². The molecule has 0 atom stereocenters. The molecule has 0 radical (unpaired) electrons. The zero-order chi connectivity index (χ0) is 16.8. The first-order chi connectivity index (χ1) is 11.6. The van der Waals surface area contributed by atoms with E-state index >= 15 is 0 Å². The number of aryl methyl sites for hydroxylation is 2. The topological polar surface area (TPSA) is 55.2 Å². The number of para-hydroxylation sites is 1. The van der Waals surface area contributed by atoms with Gasteiger partial charge in [-0.1, -0.05) is 12.1 Å². The summed E-state index contributed by atoms with van der Waals surface area (Å²) < 4.78 is 1.45. The molecular formula is C17H15N3O2S2. The fourth-order valence-corrected chi connectivity index (χ4v) is 5.00. The maximum atomic E-state index is 13.1. The van der Waals surface area contributed by atoms with Gasteiger partial charge in [-0.15, -0.1) is 23.1 Å². The Morgan fingerprint density at radius 3 is 2.92 bits per heavy atom. The molecule has 24 heavy (non-hydrogen) atoms. The van der Waals surface area contributed by atoms with Gasteiger partial charge in [-0.2, -0.15) is 0 Å². The monoisotopic (exact) mass is 357 g/mol. The lowest BCUT2D eigenvalue weighted by Crippen LogP contribution is -2.35. The van der Waals surface area contributed by atoms with Crippen LogP contribution in [0.4, 0.5) is 5.69 Å². The van der Waals surface area contributed by atoms with Crippen LogP contribution in [-0.2, 0) is 7.05 Å². The van der Waals surface area contributed by atoms with Crippen LogP contribution < -0.4 is 10.5 Å². The van der Waals surface area contributed by atoms with Crippen molar-refractivity contribution in [2.24, 2.45) is 7.05 Å². The third-order valence-corrected chi connectivity index (χ3v) is 6.41. The van der Waals surface area contributed by atoms with Crippen molar-refractivity contribution in [3.63, 3.8) is 0 Å². The second-order valence-electron chi connectivity index (χ2n) is 5.67. The summed E-state index contributed by atoms with van der Waals surface area (Å²) in [6, 6.07) is 7.94. The molecule has 1 aromatic carbocycles. The van der Waals surface area contributed by atoms with E-state index in [1.165, 1.54) is 22.2 Å². The van der Waals surface area contributed by atoms with Gasteiger partial charge in [0, 0.05) is 24.2 Å². The highest BCUT2D eigenvalue weighted by Gasteiger charge is 2.27. The average molecular weight is 357 g/mol. The maximum Gasteiger partial charge on any atom is 0.268 e. The van der Waals surface area contributed by atoms with E-state index in [2.05, 4.69) is 4.98 Å². The third-order valence-electron chi connectivity index (χ3n) is 4.18. The molecule has 3 heterocycles. The Balaban J connectivity index is 1.85. The summed E-state index contributed by atoms with van der Waals surface area (Å²) in [5.41, 5.74) is 1.56. The smallest absolute Gasteiger partial charge is 0.268 e. The number of thiophene rings is 1. The lowest BCUT2D eigenvalue weighted by Gasteiger charge is -2.28. The van der Waals surface area contributed by atoms with Crippen LogP contribution in [0.5, 0.6) is 0 Å². The first kappa shape index (κ1) is 15.4. The normalized spacial score (nSPS) is 14.0. The molecule has 0 saturated carbocycles. The Morgan fingerprint density at radius 2 is 2.08 bits per heavy atom. The molecule has 0 aliphatic carbocycles. The molecule has 0 bridgehead atoms. The van der Waals surface area contributed by atoms with Crippen molar-refractivity contribution in [2.45, 2.75) is 11.8 Å². The van der Waals surface area contributed by atoms with Crippen molar-refractivity contribution in [3.8, 4) is 0 Å². The first-order valence-electron chi connectivity index (χ1n) is 7.56. The molecule has 0 N–H and O–H groups in total. The quantitative estimate of drug-likeness (QED) is 0.672. The lowest BCUT2D eigenvalue weighted by molar-refractivity contribution is 0.0991.